The maximum atomic E-state index is 13.5. The van der Waals surface area contributed by atoms with Gasteiger partial charge >= 0.3 is 0 Å². The molecule has 3 saturated heterocycles. The van der Waals surface area contributed by atoms with Crippen LogP contribution < -0.4 is 5.32 Å². The molecule has 552 valence electrons. The minimum atomic E-state index is -1.97. The van der Waals surface area contributed by atoms with E-state index in [0.717, 1.165) is 44.9 Å². The number of amides is 1. The molecule has 17 unspecified atom stereocenters. The maximum absolute atomic E-state index is 13.5. The molecule has 0 bridgehead atoms. The summed E-state index contributed by atoms with van der Waals surface area (Å²) >= 11 is 0. The number of rotatable bonds is 62. The summed E-state index contributed by atoms with van der Waals surface area (Å²) < 4.78 is 34.5. The molecule has 3 aliphatic heterocycles. The number of unbranched alkanes of at least 4 members (excludes halogenated alkanes) is 46. The normalized spacial score (nSPS) is 27.4. The van der Waals surface area contributed by atoms with Crippen molar-refractivity contribution in [3.63, 3.8) is 0 Å². The summed E-state index contributed by atoms with van der Waals surface area (Å²) in [6.45, 7) is 1.87. The predicted octanol–water partition coefficient (Wildman–Crippen LogP) is 11.8. The Kier molecular flexibility index (Phi) is 52.3. The fourth-order valence-electron chi connectivity index (χ4n) is 13.7. The van der Waals surface area contributed by atoms with Crippen LogP contribution in [0.4, 0.5) is 0 Å². The quantitative estimate of drug-likeness (QED) is 0.0252. The largest absolute Gasteiger partial charge is 0.394 e. The fraction of sp³-hybridized carbons (Fsp3) is 0.986. The molecule has 0 saturated carbocycles. The van der Waals surface area contributed by atoms with Gasteiger partial charge in [-0.25, -0.2) is 0 Å². The van der Waals surface area contributed by atoms with Gasteiger partial charge in [0.05, 0.1) is 38.6 Å². The van der Waals surface area contributed by atoms with Crippen LogP contribution in [0.3, 0.4) is 0 Å². The Balaban J connectivity index is 1.38. The SMILES string of the molecule is CCCCCCCCCCCCCCCCCCCCCCCCCCCCCCC(O)C(COC1OC(CO)C(OC2OC(CO)C(OC3OC(CO)C(O)C(O)C3O)C(O)C2O)C(O)C1O)NC(=O)CCCCCCCCCCCCCCCCCCCCCC. The Morgan fingerprint density at radius 3 is 0.935 bits per heavy atom. The van der Waals surface area contributed by atoms with Crippen molar-refractivity contribution in [2.24, 2.45) is 0 Å². The van der Waals surface area contributed by atoms with Crippen LogP contribution in [-0.2, 0) is 33.2 Å². The summed E-state index contributed by atoms with van der Waals surface area (Å²) in [5, 5.41) is 121. The predicted molar refractivity (Wildman–Crippen MR) is 365 cm³/mol. The van der Waals surface area contributed by atoms with Crippen LogP contribution in [0.25, 0.3) is 0 Å². The second kappa shape index (κ2) is 56.5. The molecular formula is C74H143NO18. The Morgan fingerprint density at radius 2 is 0.613 bits per heavy atom. The van der Waals surface area contributed by atoms with Crippen molar-refractivity contribution in [1.29, 1.82) is 0 Å². The third-order valence-electron chi connectivity index (χ3n) is 19.9. The summed E-state index contributed by atoms with van der Waals surface area (Å²) in [6.07, 6.45) is 36.2. The molecule has 0 spiro atoms. The number of carbonyl (C=O) groups is 1. The third kappa shape index (κ3) is 37.7. The molecule has 3 aliphatic rings. The second-order valence-corrected chi connectivity index (χ2v) is 28.2. The van der Waals surface area contributed by atoms with Crippen LogP contribution >= 0.6 is 0 Å². The average molecular weight is 1330 g/mol. The molecule has 0 aliphatic carbocycles. The van der Waals surface area contributed by atoms with Crippen LogP contribution in [0.15, 0.2) is 0 Å². The highest BCUT2D eigenvalue weighted by Gasteiger charge is 2.54. The van der Waals surface area contributed by atoms with Gasteiger partial charge < -0.3 is 89.9 Å². The number of hydrogen-bond donors (Lipinski definition) is 12. The first-order valence-electron chi connectivity index (χ1n) is 38.8. The van der Waals surface area contributed by atoms with E-state index in [9.17, 15) is 61.0 Å². The minimum absolute atomic E-state index is 0.234. The lowest BCUT2D eigenvalue weighted by Crippen LogP contribution is -2.66. The van der Waals surface area contributed by atoms with Crippen LogP contribution in [0, 0.1) is 0 Å². The summed E-state index contributed by atoms with van der Waals surface area (Å²) in [4.78, 5) is 13.5. The Bertz CT molecular complexity index is 1690. The van der Waals surface area contributed by atoms with Gasteiger partial charge in [0.2, 0.25) is 5.91 Å². The summed E-state index contributed by atoms with van der Waals surface area (Å²) in [5.41, 5.74) is 0. The summed E-state index contributed by atoms with van der Waals surface area (Å²) in [7, 11) is 0. The van der Waals surface area contributed by atoms with Crippen LogP contribution in [0.2, 0.25) is 0 Å². The van der Waals surface area contributed by atoms with Gasteiger partial charge in [-0.05, 0) is 12.8 Å². The molecule has 0 aromatic heterocycles. The first kappa shape index (κ1) is 86.0. The van der Waals surface area contributed by atoms with E-state index in [-0.39, 0.29) is 18.9 Å². The third-order valence-corrected chi connectivity index (χ3v) is 19.9. The van der Waals surface area contributed by atoms with Crippen LogP contribution in [-0.4, -0.2) is 193 Å². The molecule has 19 heteroatoms. The van der Waals surface area contributed by atoms with Gasteiger partial charge in [-0.3, -0.25) is 4.79 Å². The molecule has 0 radical (unpaired) electrons. The van der Waals surface area contributed by atoms with Gasteiger partial charge in [-0.2, -0.15) is 0 Å². The molecule has 1 amide bonds. The van der Waals surface area contributed by atoms with E-state index in [1.54, 1.807) is 0 Å². The topological polar surface area (TPSA) is 307 Å². The van der Waals surface area contributed by atoms with Crippen molar-refractivity contribution in [3.05, 3.63) is 0 Å². The number of aliphatic hydroxyl groups is 11. The van der Waals surface area contributed by atoms with E-state index in [2.05, 4.69) is 19.2 Å². The molecule has 17 atom stereocenters. The lowest BCUT2D eigenvalue weighted by atomic mass is 9.96. The summed E-state index contributed by atoms with van der Waals surface area (Å²) in [5.74, 6) is -0.234. The van der Waals surface area contributed by atoms with Gasteiger partial charge in [0.15, 0.2) is 18.9 Å². The number of carbonyl (C=O) groups excluding carboxylic acids is 1. The smallest absolute Gasteiger partial charge is 0.220 e. The molecular weight excluding hydrogens is 1190 g/mol. The van der Waals surface area contributed by atoms with Gasteiger partial charge in [0.1, 0.15) is 73.2 Å². The average Bonchev–Trinajstić information content (AvgIpc) is 1.01. The molecule has 3 fully saturated rings. The first-order valence-corrected chi connectivity index (χ1v) is 38.8. The van der Waals surface area contributed by atoms with Crippen molar-refractivity contribution >= 4 is 5.91 Å². The zero-order chi connectivity index (χ0) is 67.5. The van der Waals surface area contributed by atoms with E-state index in [1.165, 1.54) is 257 Å². The van der Waals surface area contributed by atoms with Crippen LogP contribution in [0.1, 0.15) is 335 Å². The van der Waals surface area contributed by atoms with E-state index < -0.39 is 124 Å². The van der Waals surface area contributed by atoms with E-state index in [0.29, 0.717) is 12.8 Å². The van der Waals surface area contributed by atoms with Gasteiger partial charge in [-0.1, -0.05) is 316 Å². The highest BCUT2D eigenvalue weighted by molar-refractivity contribution is 5.76. The molecule has 0 aromatic rings. The molecule has 0 aromatic carbocycles. The Labute approximate surface area is 563 Å². The first-order chi connectivity index (χ1) is 45.3. The molecule has 3 heterocycles. The number of aliphatic hydroxyl groups excluding tert-OH is 11. The van der Waals surface area contributed by atoms with Crippen LogP contribution in [0.5, 0.6) is 0 Å². The van der Waals surface area contributed by atoms with Crippen molar-refractivity contribution in [2.45, 2.75) is 439 Å². The molecule has 12 N–H and O–H groups in total. The monoisotopic (exact) mass is 1330 g/mol. The highest BCUT2D eigenvalue weighted by atomic mass is 16.8. The number of nitrogens with one attached hydrogen (secondary N) is 1. The van der Waals surface area contributed by atoms with E-state index in [4.69, 9.17) is 28.4 Å². The van der Waals surface area contributed by atoms with Crippen molar-refractivity contribution in [2.75, 3.05) is 26.4 Å². The van der Waals surface area contributed by atoms with Gasteiger partial charge in [0, 0.05) is 6.42 Å². The van der Waals surface area contributed by atoms with Crippen molar-refractivity contribution < 1.29 is 89.4 Å². The number of hydrogen-bond acceptors (Lipinski definition) is 18. The zero-order valence-electron chi connectivity index (χ0n) is 58.8. The second-order valence-electron chi connectivity index (χ2n) is 28.2. The maximum Gasteiger partial charge on any atom is 0.220 e. The standard InChI is InChI=1S/C74H143NO18/c1-3-5-7-9-11-13-15-17-19-21-23-25-26-27-28-29-30-31-32-33-35-37-39-41-43-45-47-49-51-58(79)57(75-62(80)52-50-48-46-44-42-40-38-36-34-24-22-20-18-16-14-12-10-8-6-4-2)56-88-72-68(86)65(83)70(60(54-77)90-72)93-74-69(87)66(84)71(61(55-78)91-74)92-73-67(85)64(82)63(81)59(53-76)89-73/h57-61,63-74,76-79,81-87H,3-56H2,1-2H3,(H,75,80). The highest BCUT2D eigenvalue weighted by Crippen LogP contribution is 2.33. The molecule has 19 nitrogen and oxygen atoms in total. The minimum Gasteiger partial charge on any atom is -0.394 e. The zero-order valence-corrected chi connectivity index (χ0v) is 58.8. The summed E-state index contributed by atoms with van der Waals surface area (Å²) in [6, 6.07) is -0.883. The Hall–Kier alpha value is -1.21. The number of ether oxygens (including phenoxy) is 6. The lowest BCUT2D eigenvalue weighted by Gasteiger charge is -2.48. The van der Waals surface area contributed by atoms with E-state index in [1.807, 2.05) is 0 Å². The van der Waals surface area contributed by atoms with E-state index >= 15 is 0 Å². The van der Waals surface area contributed by atoms with Gasteiger partial charge in [0.25, 0.3) is 0 Å². The lowest BCUT2D eigenvalue weighted by molar-refractivity contribution is -0.379. The van der Waals surface area contributed by atoms with Crippen molar-refractivity contribution in [1.82, 2.24) is 5.32 Å². The molecule has 93 heavy (non-hydrogen) atoms. The Morgan fingerprint density at radius 1 is 0.344 bits per heavy atom. The van der Waals surface area contributed by atoms with Crippen molar-refractivity contribution in [3.8, 4) is 0 Å². The fourth-order valence-corrected chi connectivity index (χ4v) is 13.7. The molecule has 3 rings (SSSR count). The van der Waals surface area contributed by atoms with Gasteiger partial charge in [-0.15, -0.1) is 0 Å².